The Labute approximate surface area is 122 Å². The summed E-state index contributed by atoms with van der Waals surface area (Å²) in [5.74, 6) is 1.52. The highest BCUT2D eigenvalue weighted by Crippen LogP contribution is 2.34. The minimum absolute atomic E-state index is 0.637. The molecule has 0 fully saturated rings. The number of fused-ring (bicyclic) bond motifs is 1. The van der Waals surface area contributed by atoms with Crippen LogP contribution < -0.4 is 5.32 Å². The van der Waals surface area contributed by atoms with Crippen molar-refractivity contribution in [3.8, 4) is 0 Å². The first-order valence-corrected chi connectivity index (χ1v) is 8.20. The van der Waals surface area contributed by atoms with Gasteiger partial charge in [-0.15, -0.1) is 11.3 Å². The Morgan fingerprint density at radius 3 is 2.95 bits per heavy atom. The van der Waals surface area contributed by atoms with Gasteiger partial charge in [-0.05, 0) is 34.7 Å². The number of anilines is 1. The van der Waals surface area contributed by atoms with Gasteiger partial charge in [0.25, 0.3) is 0 Å². The molecule has 98 valence electrons. The fourth-order valence-corrected chi connectivity index (χ4v) is 4.07. The van der Waals surface area contributed by atoms with Crippen molar-refractivity contribution in [1.82, 2.24) is 19.3 Å². The molecule has 3 rings (SSSR count). The lowest BCUT2D eigenvalue weighted by Gasteiger charge is -2.02. The third kappa shape index (κ3) is 2.56. The first kappa shape index (κ1) is 12.8. The highest BCUT2D eigenvalue weighted by atomic mass is 32.2. The Kier molecular flexibility index (Phi) is 3.63. The van der Waals surface area contributed by atoms with Gasteiger partial charge in [-0.1, -0.05) is 6.92 Å². The molecule has 0 aliphatic heterocycles. The largest absolute Gasteiger partial charge is 0.357 e. The van der Waals surface area contributed by atoms with E-state index in [1.165, 1.54) is 11.5 Å². The van der Waals surface area contributed by atoms with Gasteiger partial charge in [-0.25, -0.2) is 15.0 Å². The lowest BCUT2D eigenvalue weighted by Crippen LogP contribution is -1.96. The number of thiophene rings is 1. The second-order valence-electron chi connectivity index (χ2n) is 3.67. The maximum atomic E-state index is 4.51. The summed E-state index contributed by atoms with van der Waals surface area (Å²) in [6.45, 7) is 2.05. The smallest absolute Gasteiger partial charge is 0.224 e. The Hall–Kier alpha value is -1.25. The average Bonchev–Trinajstić information content (AvgIpc) is 3.06. The first-order chi connectivity index (χ1) is 9.30. The van der Waals surface area contributed by atoms with Crippen molar-refractivity contribution in [2.45, 2.75) is 22.7 Å². The monoisotopic (exact) mass is 309 g/mol. The van der Waals surface area contributed by atoms with E-state index in [0.29, 0.717) is 5.95 Å². The quantitative estimate of drug-likeness (QED) is 0.746. The predicted molar refractivity (Wildman–Crippen MR) is 80.4 cm³/mol. The van der Waals surface area contributed by atoms with Crippen LogP contribution in [0.3, 0.4) is 0 Å². The molecule has 3 aromatic rings. The van der Waals surface area contributed by atoms with Crippen molar-refractivity contribution >= 4 is 50.8 Å². The van der Waals surface area contributed by atoms with Gasteiger partial charge in [0.05, 0.1) is 0 Å². The summed E-state index contributed by atoms with van der Waals surface area (Å²) in [5, 5.41) is 7.02. The van der Waals surface area contributed by atoms with E-state index in [4.69, 9.17) is 0 Å². The number of hydrogen-bond donors (Lipinski definition) is 1. The molecule has 0 bridgehead atoms. The van der Waals surface area contributed by atoms with Crippen molar-refractivity contribution < 1.29 is 0 Å². The van der Waals surface area contributed by atoms with Crippen LogP contribution in [0.4, 0.5) is 5.95 Å². The normalized spacial score (nSPS) is 11.1. The molecule has 3 heterocycles. The molecule has 0 aliphatic carbocycles. The van der Waals surface area contributed by atoms with Gasteiger partial charge < -0.3 is 5.32 Å². The van der Waals surface area contributed by atoms with E-state index in [0.717, 1.165) is 31.8 Å². The predicted octanol–water partition coefficient (Wildman–Crippen LogP) is 3.30. The number of nitrogens with one attached hydrogen (secondary N) is 1. The number of aryl methyl sites for hydroxylation is 1. The zero-order valence-corrected chi connectivity index (χ0v) is 12.8. The van der Waals surface area contributed by atoms with Crippen molar-refractivity contribution in [2.75, 3.05) is 12.4 Å². The molecular formula is C11H11N5S3. The van der Waals surface area contributed by atoms with Crippen LogP contribution in [0, 0.1) is 0 Å². The molecule has 19 heavy (non-hydrogen) atoms. The minimum atomic E-state index is 0.637. The Morgan fingerprint density at radius 2 is 2.21 bits per heavy atom. The average molecular weight is 309 g/mol. The van der Waals surface area contributed by atoms with Gasteiger partial charge >= 0.3 is 0 Å². The van der Waals surface area contributed by atoms with Crippen molar-refractivity contribution in [3.63, 3.8) is 0 Å². The molecule has 0 radical (unpaired) electrons. The number of hydrogen-bond acceptors (Lipinski definition) is 8. The van der Waals surface area contributed by atoms with E-state index in [9.17, 15) is 0 Å². The van der Waals surface area contributed by atoms with Crippen LogP contribution in [0.5, 0.6) is 0 Å². The number of rotatable bonds is 4. The molecule has 3 aromatic heterocycles. The zero-order chi connectivity index (χ0) is 13.2. The molecule has 0 atom stereocenters. The number of nitrogens with zero attached hydrogens (tertiary/aromatic N) is 4. The second kappa shape index (κ2) is 5.40. The lowest BCUT2D eigenvalue weighted by atomic mass is 10.4. The molecule has 5 nitrogen and oxygen atoms in total. The molecule has 0 aromatic carbocycles. The summed E-state index contributed by atoms with van der Waals surface area (Å²) >= 11 is 4.58. The van der Waals surface area contributed by atoms with Crippen molar-refractivity contribution in [2.24, 2.45) is 0 Å². The fraction of sp³-hybridized carbons (Fsp3) is 0.273. The molecule has 0 unspecified atom stereocenters. The van der Waals surface area contributed by atoms with E-state index in [-0.39, 0.29) is 0 Å². The Balaban J connectivity index is 2.01. The van der Waals surface area contributed by atoms with Gasteiger partial charge in [-0.2, -0.15) is 4.37 Å². The van der Waals surface area contributed by atoms with Crippen LogP contribution in [0.1, 0.15) is 12.7 Å². The van der Waals surface area contributed by atoms with E-state index >= 15 is 0 Å². The third-order valence-electron chi connectivity index (χ3n) is 2.46. The van der Waals surface area contributed by atoms with Crippen LogP contribution in [0.15, 0.2) is 20.8 Å². The summed E-state index contributed by atoms with van der Waals surface area (Å²) in [4.78, 5) is 14.4. The zero-order valence-electron chi connectivity index (χ0n) is 10.4. The topological polar surface area (TPSA) is 63.6 Å². The van der Waals surface area contributed by atoms with E-state index < -0.39 is 0 Å². The summed E-state index contributed by atoms with van der Waals surface area (Å²) in [7, 11) is 1.82. The van der Waals surface area contributed by atoms with Gasteiger partial charge in [-0.3, -0.25) is 0 Å². The first-order valence-electron chi connectivity index (χ1n) is 5.73. The SMILES string of the molecule is CCc1nsc(Sc2nc(NC)nc3sccc23)n1. The maximum absolute atomic E-state index is 4.51. The molecule has 0 aliphatic rings. The van der Waals surface area contributed by atoms with Crippen molar-refractivity contribution in [3.05, 3.63) is 17.3 Å². The van der Waals surface area contributed by atoms with Gasteiger partial charge in [0.15, 0.2) is 4.34 Å². The third-order valence-corrected chi connectivity index (χ3v) is 5.06. The van der Waals surface area contributed by atoms with E-state index in [2.05, 4.69) is 31.6 Å². The van der Waals surface area contributed by atoms with Gasteiger partial charge in [0.1, 0.15) is 15.7 Å². The summed E-state index contributed by atoms with van der Waals surface area (Å²) < 4.78 is 5.22. The summed E-state index contributed by atoms with van der Waals surface area (Å²) in [6.07, 6.45) is 0.858. The highest BCUT2D eigenvalue weighted by Gasteiger charge is 2.12. The highest BCUT2D eigenvalue weighted by molar-refractivity contribution is 8.01. The summed E-state index contributed by atoms with van der Waals surface area (Å²) in [6, 6.07) is 2.05. The minimum Gasteiger partial charge on any atom is -0.357 e. The Bertz CT molecular complexity index is 705. The number of aromatic nitrogens is 4. The van der Waals surface area contributed by atoms with Crippen LogP contribution in [0.2, 0.25) is 0 Å². The molecular weight excluding hydrogens is 298 g/mol. The molecule has 8 heteroatoms. The molecule has 0 amide bonds. The van der Waals surface area contributed by atoms with E-state index in [1.54, 1.807) is 23.1 Å². The molecule has 1 N–H and O–H groups in total. The van der Waals surface area contributed by atoms with Crippen LogP contribution >= 0.6 is 34.6 Å². The lowest BCUT2D eigenvalue weighted by molar-refractivity contribution is 0.970. The standard InChI is InChI=1S/C11H11N5S3/c1-3-7-13-11(19-16-7)18-9-6-4-5-17-8(6)14-10(12-2)15-9/h4-5H,3H2,1-2H3,(H,12,14,15). The second-order valence-corrected chi connectivity index (χ2v) is 6.56. The van der Waals surface area contributed by atoms with Crippen LogP contribution in [-0.2, 0) is 6.42 Å². The van der Waals surface area contributed by atoms with Gasteiger partial charge in [0, 0.05) is 18.9 Å². The van der Waals surface area contributed by atoms with Crippen LogP contribution in [-0.4, -0.2) is 26.4 Å². The van der Waals surface area contributed by atoms with Gasteiger partial charge in [0.2, 0.25) is 5.95 Å². The maximum Gasteiger partial charge on any atom is 0.224 e. The van der Waals surface area contributed by atoms with Crippen LogP contribution in [0.25, 0.3) is 10.2 Å². The van der Waals surface area contributed by atoms with E-state index in [1.807, 2.05) is 18.5 Å². The Morgan fingerprint density at radius 1 is 1.32 bits per heavy atom. The van der Waals surface area contributed by atoms with Crippen molar-refractivity contribution in [1.29, 1.82) is 0 Å². The molecule has 0 saturated carbocycles. The summed E-state index contributed by atoms with van der Waals surface area (Å²) in [5.41, 5.74) is 0. The molecule has 0 spiro atoms. The molecule has 0 saturated heterocycles. The fourth-order valence-electron chi connectivity index (χ4n) is 1.52.